The molecule has 0 radical (unpaired) electrons. The predicted molar refractivity (Wildman–Crippen MR) is 159 cm³/mol. The fourth-order valence-electron chi connectivity index (χ4n) is 5.59. The normalized spacial score (nSPS) is 11.7. The Morgan fingerprint density at radius 2 is 1.50 bits per heavy atom. The van der Waals surface area contributed by atoms with Gasteiger partial charge in [-0.2, -0.15) is 9.83 Å². The minimum Gasteiger partial charge on any atom is -0.454 e. The SMILES string of the molecule is Cc1ccc2c(oc3c(-c4ccc(-c5ccccc5)cc4)ccc(C#N)c32)c1-c1cc(C(C)(C)C)c(F)c[n+]1C. The van der Waals surface area contributed by atoms with Gasteiger partial charge in [0.2, 0.25) is 11.9 Å². The lowest BCUT2D eigenvalue weighted by Gasteiger charge is -2.19. The number of pyridine rings is 1. The highest BCUT2D eigenvalue weighted by atomic mass is 19.1. The molecule has 0 N–H and O–H groups in total. The second-order valence-electron chi connectivity index (χ2n) is 11.4. The summed E-state index contributed by atoms with van der Waals surface area (Å²) in [6.07, 6.45) is 1.54. The first kappa shape index (κ1) is 25.5. The van der Waals surface area contributed by atoms with Gasteiger partial charge in [-0.05, 0) is 46.7 Å². The summed E-state index contributed by atoms with van der Waals surface area (Å²) in [5.41, 5.74) is 9.21. The molecule has 0 atom stereocenters. The summed E-state index contributed by atoms with van der Waals surface area (Å²) in [7, 11) is 1.85. The van der Waals surface area contributed by atoms with Gasteiger partial charge in [0.1, 0.15) is 18.2 Å². The lowest BCUT2D eigenvalue weighted by atomic mass is 9.86. The number of rotatable bonds is 3. The Labute approximate surface area is 233 Å². The van der Waals surface area contributed by atoms with E-state index in [1.54, 1.807) is 0 Å². The van der Waals surface area contributed by atoms with Crippen LogP contribution < -0.4 is 4.57 Å². The molecule has 2 aromatic heterocycles. The monoisotopic (exact) mass is 525 g/mol. The molecule has 6 rings (SSSR count). The zero-order valence-corrected chi connectivity index (χ0v) is 23.3. The number of aromatic nitrogens is 1. The molecule has 6 aromatic rings. The van der Waals surface area contributed by atoms with Crippen molar-refractivity contribution in [2.45, 2.75) is 33.1 Å². The van der Waals surface area contributed by atoms with Gasteiger partial charge in [-0.15, -0.1) is 0 Å². The number of benzene rings is 4. The van der Waals surface area contributed by atoms with E-state index in [2.05, 4.69) is 48.5 Å². The van der Waals surface area contributed by atoms with Crippen LogP contribution in [0.4, 0.5) is 4.39 Å². The third kappa shape index (κ3) is 4.15. The van der Waals surface area contributed by atoms with Crippen LogP contribution in [0.2, 0.25) is 0 Å². The van der Waals surface area contributed by atoms with Crippen LogP contribution in [0.3, 0.4) is 0 Å². The second kappa shape index (κ2) is 9.47. The number of fused-ring (bicyclic) bond motifs is 3. The summed E-state index contributed by atoms with van der Waals surface area (Å²) in [5.74, 6) is -0.235. The van der Waals surface area contributed by atoms with Crippen LogP contribution in [-0.4, -0.2) is 0 Å². The Hall–Kier alpha value is -4.75. The summed E-state index contributed by atoms with van der Waals surface area (Å²) in [6.45, 7) is 8.07. The first-order valence-corrected chi connectivity index (χ1v) is 13.4. The average Bonchev–Trinajstić information content (AvgIpc) is 3.33. The number of nitrogens with zero attached hydrogens (tertiary/aromatic N) is 2. The molecule has 40 heavy (non-hydrogen) atoms. The van der Waals surface area contributed by atoms with Crippen molar-refractivity contribution in [3.8, 4) is 39.6 Å². The zero-order valence-electron chi connectivity index (χ0n) is 23.3. The smallest absolute Gasteiger partial charge is 0.216 e. The van der Waals surface area contributed by atoms with Gasteiger partial charge in [-0.1, -0.05) is 87.5 Å². The Kier molecular flexibility index (Phi) is 6.04. The lowest BCUT2D eigenvalue weighted by Crippen LogP contribution is -2.33. The summed E-state index contributed by atoms with van der Waals surface area (Å²) in [4.78, 5) is 0. The Bertz CT molecular complexity index is 1950. The molecule has 0 aliphatic rings. The highest BCUT2D eigenvalue weighted by molar-refractivity contribution is 6.15. The minimum absolute atomic E-state index is 0.235. The summed E-state index contributed by atoms with van der Waals surface area (Å²) < 4.78 is 23.5. The average molecular weight is 526 g/mol. The first-order chi connectivity index (χ1) is 19.2. The Morgan fingerprint density at radius 3 is 2.17 bits per heavy atom. The third-order valence-corrected chi connectivity index (χ3v) is 7.71. The van der Waals surface area contributed by atoms with Gasteiger partial charge in [0.25, 0.3) is 0 Å². The number of hydrogen-bond donors (Lipinski definition) is 0. The number of halogens is 1. The van der Waals surface area contributed by atoms with Crippen molar-refractivity contribution >= 4 is 21.9 Å². The molecule has 4 heteroatoms. The number of nitriles is 1. The summed E-state index contributed by atoms with van der Waals surface area (Å²) >= 11 is 0. The van der Waals surface area contributed by atoms with E-state index in [-0.39, 0.29) is 11.2 Å². The number of hydrogen-bond acceptors (Lipinski definition) is 2. The van der Waals surface area contributed by atoms with E-state index in [0.29, 0.717) is 22.3 Å². The molecule has 3 nitrogen and oxygen atoms in total. The largest absolute Gasteiger partial charge is 0.454 e. The molecule has 2 heterocycles. The second-order valence-corrected chi connectivity index (χ2v) is 11.4. The molecule has 0 unspecified atom stereocenters. The Balaban J connectivity index is 1.61. The van der Waals surface area contributed by atoms with Crippen molar-refractivity contribution in [3.05, 3.63) is 114 Å². The van der Waals surface area contributed by atoms with E-state index in [0.717, 1.165) is 49.8 Å². The minimum atomic E-state index is -0.365. The molecule has 0 aliphatic carbocycles. The number of aryl methyl sites for hydroxylation is 2. The fraction of sp³-hybridized carbons (Fsp3) is 0.167. The molecular weight excluding hydrogens is 495 g/mol. The summed E-state index contributed by atoms with van der Waals surface area (Å²) in [6, 6.07) is 30.9. The van der Waals surface area contributed by atoms with Gasteiger partial charge in [-0.25, -0.2) is 4.39 Å². The van der Waals surface area contributed by atoms with Crippen LogP contribution in [0.5, 0.6) is 0 Å². The van der Waals surface area contributed by atoms with Crippen molar-refractivity contribution in [2.24, 2.45) is 7.05 Å². The van der Waals surface area contributed by atoms with Crippen molar-refractivity contribution in [3.63, 3.8) is 0 Å². The van der Waals surface area contributed by atoms with Crippen LogP contribution in [0.25, 0.3) is 55.4 Å². The summed E-state index contributed by atoms with van der Waals surface area (Å²) in [5, 5.41) is 11.7. The van der Waals surface area contributed by atoms with Gasteiger partial charge < -0.3 is 4.42 Å². The zero-order chi connectivity index (χ0) is 28.2. The van der Waals surface area contributed by atoms with Crippen LogP contribution >= 0.6 is 0 Å². The van der Waals surface area contributed by atoms with Gasteiger partial charge in [-0.3, -0.25) is 0 Å². The van der Waals surface area contributed by atoms with Crippen molar-refractivity contribution in [1.82, 2.24) is 0 Å². The van der Waals surface area contributed by atoms with Crippen molar-refractivity contribution in [2.75, 3.05) is 0 Å². The van der Waals surface area contributed by atoms with Gasteiger partial charge in [0.05, 0.1) is 17.2 Å². The van der Waals surface area contributed by atoms with Gasteiger partial charge in [0, 0.05) is 28.0 Å². The molecule has 4 aromatic carbocycles. The molecular formula is C36H30FN2O+. The molecule has 196 valence electrons. The van der Waals surface area contributed by atoms with E-state index < -0.39 is 0 Å². The maximum Gasteiger partial charge on any atom is 0.216 e. The first-order valence-electron chi connectivity index (χ1n) is 13.4. The molecule has 0 spiro atoms. The van der Waals surface area contributed by atoms with E-state index in [1.807, 2.05) is 81.8 Å². The van der Waals surface area contributed by atoms with Crippen LogP contribution in [0.15, 0.2) is 95.5 Å². The van der Waals surface area contributed by atoms with E-state index in [1.165, 1.54) is 6.20 Å². The van der Waals surface area contributed by atoms with Crippen molar-refractivity contribution < 1.29 is 13.4 Å². The topological polar surface area (TPSA) is 40.8 Å². The highest BCUT2D eigenvalue weighted by Gasteiger charge is 2.28. The fourth-order valence-corrected chi connectivity index (χ4v) is 5.59. The molecule has 0 fully saturated rings. The molecule has 0 saturated carbocycles. The van der Waals surface area contributed by atoms with Crippen molar-refractivity contribution in [1.29, 1.82) is 5.26 Å². The highest BCUT2D eigenvalue weighted by Crippen LogP contribution is 2.42. The molecule has 0 aliphatic heterocycles. The maximum atomic E-state index is 15.0. The van der Waals surface area contributed by atoms with Gasteiger partial charge in [0.15, 0.2) is 5.82 Å². The van der Waals surface area contributed by atoms with E-state index in [9.17, 15) is 5.26 Å². The number of furan rings is 1. The van der Waals surface area contributed by atoms with Crippen LogP contribution in [-0.2, 0) is 12.5 Å². The van der Waals surface area contributed by atoms with E-state index in [4.69, 9.17) is 4.42 Å². The molecule has 0 bridgehead atoms. The van der Waals surface area contributed by atoms with E-state index >= 15 is 4.39 Å². The van der Waals surface area contributed by atoms with Crippen LogP contribution in [0.1, 0.15) is 37.5 Å². The quantitative estimate of drug-likeness (QED) is 0.216. The van der Waals surface area contributed by atoms with Gasteiger partial charge >= 0.3 is 0 Å². The lowest BCUT2D eigenvalue weighted by molar-refractivity contribution is -0.662. The molecule has 0 amide bonds. The standard InChI is InChI=1S/C36H30FN2O/c1-22-11-17-28-33-26(20-38)16-18-27(25-14-12-24(13-15-25)23-9-7-6-8-10-23)34(33)40-35(28)32(22)31-19-29(36(2,3)4)30(37)21-39(31)5/h6-19,21H,1-5H3/q+1. The predicted octanol–water partition coefficient (Wildman–Crippen LogP) is 9.03. The van der Waals surface area contributed by atoms with Crippen LogP contribution in [0, 0.1) is 24.1 Å². The third-order valence-electron chi connectivity index (χ3n) is 7.71. The Morgan fingerprint density at radius 1 is 0.825 bits per heavy atom. The molecule has 0 saturated heterocycles. The maximum absolute atomic E-state index is 15.0.